The van der Waals surface area contributed by atoms with Gasteiger partial charge in [0.05, 0.1) is 21.7 Å². The molecule has 0 saturated heterocycles. The number of amides is 1. The van der Waals surface area contributed by atoms with Crippen molar-refractivity contribution in [2.24, 2.45) is 11.3 Å². The van der Waals surface area contributed by atoms with Gasteiger partial charge in [0.1, 0.15) is 12.4 Å². The molecule has 0 fully saturated rings. The van der Waals surface area contributed by atoms with Crippen molar-refractivity contribution in [1.82, 2.24) is 0 Å². The highest BCUT2D eigenvalue weighted by atomic mass is 32.2. The second-order valence-corrected chi connectivity index (χ2v) is 12.6. The first-order valence-corrected chi connectivity index (χ1v) is 12.9. The van der Waals surface area contributed by atoms with Crippen molar-refractivity contribution in [1.29, 1.82) is 0 Å². The number of benzene rings is 2. The van der Waals surface area contributed by atoms with Crippen molar-refractivity contribution < 1.29 is 17.9 Å². The Kier molecular flexibility index (Phi) is 6.85. The second kappa shape index (κ2) is 9.01. The van der Waals surface area contributed by atoms with Crippen LogP contribution in [0.3, 0.4) is 0 Å². The predicted octanol–water partition coefficient (Wildman–Crippen LogP) is 5.58. The summed E-state index contributed by atoms with van der Waals surface area (Å²) in [7, 11) is -3.79. The van der Waals surface area contributed by atoms with E-state index >= 15 is 0 Å². The molecule has 2 aromatic carbocycles. The molecule has 33 heavy (non-hydrogen) atoms. The van der Waals surface area contributed by atoms with E-state index in [1.54, 1.807) is 35.2 Å². The molecule has 1 aliphatic rings. The summed E-state index contributed by atoms with van der Waals surface area (Å²) in [5.74, 6) is 0.973. The Balaban J connectivity index is 1.93. The lowest BCUT2D eigenvalue weighted by Gasteiger charge is -2.28. The maximum Gasteiger partial charge on any atom is 0.261 e. The molecule has 0 bridgehead atoms. The molecule has 0 aromatic heterocycles. The standard InChI is InChI=1S/C26H36N2O4S/c1-18(2)14-15-28-22-16-20(10-13-23(22)32-17-26(6,7)24(28)29)27-33(30,31)21-11-8-19(9-12-21)25(3,4)5/h8-13,16,18,27H,14-15,17H2,1-7H3. The van der Waals surface area contributed by atoms with Crippen molar-refractivity contribution in [3.8, 4) is 5.75 Å². The highest BCUT2D eigenvalue weighted by Crippen LogP contribution is 2.39. The molecule has 0 unspecified atom stereocenters. The van der Waals surface area contributed by atoms with Gasteiger partial charge in [-0.3, -0.25) is 9.52 Å². The van der Waals surface area contributed by atoms with Crippen LogP contribution in [0, 0.1) is 11.3 Å². The molecular weight excluding hydrogens is 436 g/mol. The summed E-state index contributed by atoms with van der Waals surface area (Å²) in [5.41, 5.74) is 1.30. The van der Waals surface area contributed by atoms with Crippen LogP contribution in [0.25, 0.3) is 0 Å². The van der Waals surface area contributed by atoms with Crippen molar-refractivity contribution in [2.45, 2.75) is 65.2 Å². The van der Waals surface area contributed by atoms with E-state index in [-0.39, 0.29) is 22.8 Å². The number of hydrogen-bond acceptors (Lipinski definition) is 4. The van der Waals surface area contributed by atoms with Gasteiger partial charge in [0.2, 0.25) is 5.91 Å². The van der Waals surface area contributed by atoms with Crippen molar-refractivity contribution in [3.63, 3.8) is 0 Å². The number of rotatable bonds is 6. The van der Waals surface area contributed by atoms with Crippen LogP contribution in [0.4, 0.5) is 11.4 Å². The largest absolute Gasteiger partial charge is 0.490 e. The SMILES string of the molecule is CC(C)CCN1C(=O)C(C)(C)COc2ccc(NS(=O)(=O)c3ccc(C(C)(C)C)cc3)cc21. The number of fused-ring (bicyclic) bond motifs is 1. The first-order valence-electron chi connectivity index (χ1n) is 11.4. The summed E-state index contributed by atoms with van der Waals surface area (Å²) < 4.78 is 34.7. The number of nitrogens with zero attached hydrogens (tertiary/aromatic N) is 1. The van der Waals surface area contributed by atoms with Gasteiger partial charge < -0.3 is 9.64 Å². The van der Waals surface area contributed by atoms with Gasteiger partial charge in [-0.2, -0.15) is 0 Å². The van der Waals surface area contributed by atoms with E-state index in [4.69, 9.17) is 4.74 Å². The van der Waals surface area contributed by atoms with E-state index in [1.807, 2.05) is 26.0 Å². The van der Waals surface area contributed by atoms with Crippen LogP contribution in [0.5, 0.6) is 5.75 Å². The van der Waals surface area contributed by atoms with Crippen LogP contribution in [0.15, 0.2) is 47.4 Å². The Morgan fingerprint density at radius 1 is 1.09 bits per heavy atom. The molecule has 0 spiro atoms. The number of nitrogens with one attached hydrogen (secondary N) is 1. The minimum Gasteiger partial charge on any atom is -0.490 e. The van der Waals surface area contributed by atoms with Crippen LogP contribution in [-0.4, -0.2) is 27.5 Å². The Morgan fingerprint density at radius 3 is 2.30 bits per heavy atom. The molecule has 0 radical (unpaired) electrons. The van der Waals surface area contributed by atoms with Gasteiger partial charge in [0, 0.05) is 6.54 Å². The van der Waals surface area contributed by atoms with Crippen LogP contribution < -0.4 is 14.4 Å². The summed E-state index contributed by atoms with van der Waals surface area (Å²) in [6.07, 6.45) is 0.831. The second-order valence-electron chi connectivity index (χ2n) is 10.9. The maximum atomic E-state index is 13.3. The smallest absolute Gasteiger partial charge is 0.261 e. The van der Waals surface area contributed by atoms with Gasteiger partial charge >= 0.3 is 0 Å². The zero-order valence-corrected chi connectivity index (χ0v) is 21.5. The van der Waals surface area contributed by atoms with E-state index in [9.17, 15) is 13.2 Å². The monoisotopic (exact) mass is 472 g/mol. The van der Waals surface area contributed by atoms with Gasteiger partial charge in [-0.25, -0.2) is 8.42 Å². The average molecular weight is 473 g/mol. The summed E-state index contributed by atoms with van der Waals surface area (Å²) in [4.78, 5) is 15.2. The molecular formula is C26H36N2O4S. The summed E-state index contributed by atoms with van der Waals surface area (Å²) in [5, 5.41) is 0. The first kappa shape index (κ1) is 25.1. The number of hydrogen-bond donors (Lipinski definition) is 1. The summed E-state index contributed by atoms with van der Waals surface area (Å²) in [6, 6.07) is 12.0. The maximum absolute atomic E-state index is 13.3. The third kappa shape index (κ3) is 5.69. The van der Waals surface area contributed by atoms with Gasteiger partial charge in [-0.05, 0) is 67.5 Å². The minimum atomic E-state index is -3.79. The Labute approximate surface area is 198 Å². The van der Waals surface area contributed by atoms with E-state index in [2.05, 4.69) is 39.3 Å². The number of sulfonamides is 1. The third-order valence-corrected chi connectivity index (χ3v) is 7.27. The molecule has 3 rings (SSSR count). The molecule has 1 N–H and O–H groups in total. The number of carbonyl (C=O) groups excluding carboxylic acids is 1. The fraction of sp³-hybridized carbons (Fsp3) is 0.500. The molecule has 0 atom stereocenters. The molecule has 0 aliphatic carbocycles. The first-order chi connectivity index (χ1) is 15.2. The van der Waals surface area contributed by atoms with Gasteiger partial charge in [0.15, 0.2) is 0 Å². The van der Waals surface area contributed by atoms with Crippen LogP contribution in [-0.2, 0) is 20.2 Å². The normalized spacial score (nSPS) is 16.2. The van der Waals surface area contributed by atoms with Crippen LogP contribution in [0.2, 0.25) is 0 Å². The molecule has 180 valence electrons. The lowest BCUT2D eigenvalue weighted by Crippen LogP contribution is -2.42. The van der Waals surface area contributed by atoms with Crippen molar-refractivity contribution >= 4 is 27.3 Å². The predicted molar refractivity (Wildman–Crippen MR) is 133 cm³/mol. The molecule has 0 saturated carbocycles. The van der Waals surface area contributed by atoms with Gasteiger partial charge in [0.25, 0.3) is 10.0 Å². The van der Waals surface area contributed by atoms with E-state index in [0.717, 1.165) is 12.0 Å². The summed E-state index contributed by atoms with van der Waals surface area (Å²) in [6.45, 7) is 15.0. The Morgan fingerprint density at radius 2 is 1.73 bits per heavy atom. The average Bonchev–Trinajstić information content (AvgIpc) is 2.80. The highest BCUT2D eigenvalue weighted by Gasteiger charge is 2.37. The zero-order chi connectivity index (χ0) is 24.6. The van der Waals surface area contributed by atoms with E-state index in [1.165, 1.54) is 0 Å². The molecule has 1 aliphatic heterocycles. The van der Waals surface area contributed by atoms with Crippen LogP contribution >= 0.6 is 0 Å². The lowest BCUT2D eigenvalue weighted by atomic mass is 9.87. The van der Waals surface area contributed by atoms with E-state index < -0.39 is 15.4 Å². The molecule has 1 amide bonds. The lowest BCUT2D eigenvalue weighted by molar-refractivity contribution is -0.127. The fourth-order valence-corrected chi connectivity index (χ4v) is 4.72. The Hall–Kier alpha value is -2.54. The van der Waals surface area contributed by atoms with Gasteiger partial charge in [-0.15, -0.1) is 0 Å². The molecule has 6 nitrogen and oxygen atoms in total. The van der Waals surface area contributed by atoms with E-state index in [0.29, 0.717) is 29.6 Å². The minimum absolute atomic E-state index is 0.0281. The van der Waals surface area contributed by atoms with Crippen molar-refractivity contribution in [2.75, 3.05) is 22.8 Å². The van der Waals surface area contributed by atoms with Crippen LogP contribution in [0.1, 0.15) is 60.5 Å². The zero-order valence-electron chi connectivity index (χ0n) is 20.7. The molecule has 7 heteroatoms. The Bertz CT molecular complexity index is 1110. The topological polar surface area (TPSA) is 75.7 Å². The fourth-order valence-electron chi connectivity index (χ4n) is 3.67. The summed E-state index contributed by atoms with van der Waals surface area (Å²) >= 11 is 0. The molecule has 2 aromatic rings. The molecule has 1 heterocycles. The number of carbonyl (C=O) groups is 1. The number of ether oxygens (including phenoxy) is 1. The van der Waals surface area contributed by atoms with Crippen molar-refractivity contribution in [3.05, 3.63) is 48.0 Å². The third-order valence-electron chi connectivity index (χ3n) is 5.88. The quantitative estimate of drug-likeness (QED) is 0.595. The number of anilines is 2. The highest BCUT2D eigenvalue weighted by molar-refractivity contribution is 7.92. The van der Waals surface area contributed by atoms with Gasteiger partial charge in [-0.1, -0.05) is 46.8 Å².